The molecular weight excluding hydrogens is 440 g/mol. The first kappa shape index (κ1) is 22.3. The van der Waals surface area contributed by atoms with Gasteiger partial charge in [-0.1, -0.05) is 30.3 Å². The summed E-state index contributed by atoms with van der Waals surface area (Å²) in [6, 6.07) is 18.5. The molecule has 0 radical (unpaired) electrons. The number of hydrogen-bond acceptors (Lipinski definition) is 5. The van der Waals surface area contributed by atoms with Crippen molar-refractivity contribution < 1.29 is 4.79 Å². The first-order chi connectivity index (χ1) is 16.9. The number of nitrogens with zero attached hydrogens (tertiary/aromatic N) is 5. The van der Waals surface area contributed by atoms with E-state index in [-0.39, 0.29) is 11.5 Å². The van der Waals surface area contributed by atoms with Gasteiger partial charge in [0.2, 0.25) is 0 Å². The zero-order chi connectivity index (χ0) is 24.7. The number of aryl methyl sites for hydroxylation is 1. The van der Waals surface area contributed by atoms with Crippen LogP contribution in [0.5, 0.6) is 0 Å². The van der Waals surface area contributed by atoms with Crippen molar-refractivity contribution in [2.45, 2.75) is 19.9 Å². The van der Waals surface area contributed by atoms with Crippen LogP contribution in [0, 0.1) is 6.92 Å². The van der Waals surface area contributed by atoms with Gasteiger partial charge in [0.05, 0.1) is 17.1 Å². The topological polar surface area (TPSA) is 84.5 Å². The number of carbonyl (C=O) groups is 1. The van der Waals surface area contributed by atoms with Crippen molar-refractivity contribution in [2.24, 2.45) is 0 Å². The summed E-state index contributed by atoms with van der Waals surface area (Å²) in [7, 11) is 3.84. The Morgan fingerprint density at radius 2 is 1.83 bits per heavy atom. The lowest BCUT2D eigenvalue weighted by atomic mass is 10.0. The second-order valence-electron chi connectivity index (χ2n) is 8.72. The number of amides is 1. The highest BCUT2D eigenvalue weighted by molar-refractivity contribution is 6.01. The molecule has 8 heteroatoms. The van der Waals surface area contributed by atoms with Gasteiger partial charge in [-0.15, -0.1) is 0 Å². The molecule has 1 amide bonds. The van der Waals surface area contributed by atoms with Gasteiger partial charge in [-0.3, -0.25) is 14.2 Å². The van der Waals surface area contributed by atoms with Gasteiger partial charge in [-0.25, -0.2) is 9.50 Å². The van der Waals surface area contributed by atoms with Crippen molar-refractivity contribution in [1.82, 2.24) is 24.5 Å². The molecule has 5 aromatic rings. The van der Waals surface area contributed by atoms with Gasteiger partial charge in [0.1, 0.15) is 5.56 Å². The number of nitrogens with one attached hydrogen (secondary N) is 1. The molecule has 3 heterocycles. The third kappa shape index (κ3) is 3.82. The fourth-order valence-corrected chi connectivity index (χ4v) is 4.50. The normalized spacial score (nSPS) is 12.1. The lowest BCUT2D eigenvalue weighted by Crippen LogP contribution is -2.32. The molecule has 0 bridgehead atoms. The molecule has 0 spiro atoms. The molecule has 35 heavy (non-hydrogen) atoms. The predicted molar refractivity (Wildman–Crippen MR) is 137 cm³/mol. The molecular formula is C27H26N6O2. The molecule has 0 unspecified atom stereocenters. The standard InChI is InChI=1S/C27H26N6O2/c1-17(29-26(34)23-18(2)30-32-15-9-14-28-25(23)32)22-16-19-10-8-13-21(31(3)4)24(19)27(35)33(22)20-11-6-5-7-12-20/h5-17H,1-4H3,(H,29,34)/t17-/m0/s1. The van der Waals surface area contributed by atoms with Gasteiger partial charge < -0.3 is 10.2 Å². The molecule has 2 aromatic carbocycles. The predicted octanol–water partition coefficient (Wildman–Crippen LogP) is 3.90. The summed E-state index contributed by atoms with van der Waals surface area (Å²) in [5, 5.41) is 8.91. The van der Waals surface area contributed by atoms with Gasteiger partial charge in [-0.05, 0) is 49.6 Å². The number of rotatable bonds is 5. The minimum Gasteiger partial charge on any atom is -0.377 e. The summed E-state index contributed by atoms with van der Waals surface area (Å²) in [4.78, 5) is 33.6. The van der Waals surface area contributed by atoms with E-state index in [9.17, 15) is 9.59 Å². The number of anilines is 1. The number of pyridine rings is 1. The molecule has 176 valence electrons. The van der Waals surface area contributed by atoms with E-state index in [1.54, 1.807) is 34.5 Å². The maximum absolute atomic E-state index is 13.9. The Bertz CT molecular complexity index is 1620. The molecule has 0 aliphatic carbocycles. The molecule has 0 saturated carbocycles. The Morgan fingerprint density at radius 3 is 2.57 bits per heavy atom. The van der Waals surface area contributed by atoms with Crippen LogP contribution in [-0.2, 0) is 0 Å². The summed E-state index contributed by atoms with van der Waals surface area (Å²) >= 11 is 0. The Kier molecular flexibility index (Phi) is 5.56. The lowest BCUT2D eigenvalue weighted by molar-refractivity contribution is 0.0939. The molecule has 3 aromatic heterocycles. The van der Waals surface area contributed by atoms with E-state index in [1.165, 1.54) is 0 Å². The van der Waals surface area contributed by atoms with E-state index in [0.717, 1.165) is 16.8 Å². The zero-order valence-electron chi connectivity index (χ0n) is 20.1. The Balaban J connectivity index is 1.66. The highest BCUT2D eigenvalue weighted by atomic mass is 16.2. The van der Waals surface area contributed by atoms with Crippen LogP contribution in [0.2, 0.25) is 0 Å². The van der Waals surface area contributed by atoms with E-state index >= 15 is 0 Å². The average Bonchev–Trinajstić information content (AvgIpc) is 3.19. The summed E-state index contributed by atoms with van der Waals surface area (Å²) in [5.41, 5.74) is 3.61. The van der Waals surface area contributed by atoms with Crippen LogP contribution >= 0.6 is 0 Å². The fraction of sp³-hybridized carbons (Fsp3) is 0.185. The quantitative estimate of drug-likeness (QED) is 0.425. The van der Waals surface area contributed by atoms with Gasteiger partial charge in [0.25, 0.3) is 11.5 Å². The fourth-order valence-electron chi connectivity index (χ4n) is 4.50. The smallest absolute Gasteiger partial charge is 0.265 e. The number of aromatic nitrogens is 4. The molecule has 0 saturated heterocycles. The Hall–Kier alpha value is -4.46. The number of carbonyl (C=O) groups excluding carboxylic acids is 1. The van der Waals surface area contributed by atoms with Gasteiger partial charge in [0.15, 0.2) is 5.65 Å². The highest BCUT2D eigenvalue weighted by Gasteiger charge is 2.23. The summed E-state index contributed by atoms with van der Waals surface area (Å²) in [5.74, 6) is -0.294. The van der Waals surface area contributed by atoms with Crippen molar-refractivity contribution in [3.63, 3.8) is 0 Å². The maximum atomic E-state index is 13.9. The number of para-hydroxylation sites is 1. The summed E-state index contributed by atoms with van der Waals surface area (Å²) in [6.07, 6.45) is 3.39. The van der Waals surface area contributed by atoms with E-state index in [4.69, 9.17) is 0 Å². The van der Waals surface area contributed by atoms with E-state index in [1.807, 2.05) is 80.5 Å². The van der Waals surface area contributed by atoms with Crippen LogP contribution in [0.25, 0.3) is 22.1 Å². The summed E-state index contributed by atoms with van der Waals surface area (Å²) in [6.45, 7) is 3.66. The first-order valence-electron chi connectivity index (χ1n) is 11.4. The van der Waals surface area contributed by atoms with Crippen LogP contribution in [-0.4, -0.2) is 39.2 Å². The monoisotopic (exact) mass is 466 g/mol. The third-order valence-electron chi connectivity index (χ3n) is 6.14. The molecule has 0 fully saturated rings. The highest BCUT2D eigenvalue weighted by Crippen LogP contribution is 2.27. The van der Waals surface area contributed by atoms with Crippen molar-refractivity contribution in [3.8, 4) is 5.69 Å². The lowest BCUT2D eigenvalue weighted by Gasteiger charge is -2.22. The third-order valence-corrected chi connectivity index (χ3v) is 6.14. The second-order valence-corrected chi connectivity index (χ2v) is 8.72. The van der Waals surface area contributed by atoms with Crippen molar-refractivity contribution >= 4 is 28.0 Å². The van der Waals surface area contributed by atoms with E-state index in [2.05, 4.69) is 15.4 Å². The number of benzene rings is 2. The second kappa shape index (κ2) is 8.72. The molecule has 8 nitrogen and oxygen atoms in total. The number of hydrogen-bond donors (Lipinski definition) is 1. The largest absolute Gasteiger partial charge is 0.377 e. The minimum atomic E-state index is -0.471. The minimum absolute atomic E-state index is 0.136. The van der Waals surface area contributed by atoms with E-state index in [0.29, 0.717) is 28.0 Å². The van der Waals surface area contributed by atoms with Gasteiger partial charge in [-0.2, -0.15) is 5.10 Å². The van der Waals surface area contributed by atoms with Crippen molar-refractivity contribution in [2.75, 3.05) is 19.0 Å². The molecule has 1 atom stereocenters. The average molecular weight is 467 g/mol. The van der Waals surface area contributed by atoms with Gasteiger partial charge >= 0.3 is 0 Å². The first-order valence-corrected chi connectivity index (χ1v) is 11.4. The maximum Gasteiger partial charge on any atom is 0.265 e. The number of fused-ring (bicyclic) bond motifs is 2. The van der Waals surface area contributed by atoms with Crippen molar-refractivity contribution in [3.05, 3.63) is 100 Å². The van der Waals surface area contributed by atoms with Gasteiger partial charge in [0, 0.05) is 43.6 Å². The Labute approximate surface area is 202 Å². The summed E-state index contributed by atoms with van der Waals surface area (Å²) < 4.78 is 3.27. The van der Waals surface area contributed by atoms with E-state index < -0.39 is 6.04 Å². The SMILES string of the molecule is Cc1nn2cccnc2c1C(=O)N[C@@H](C)c1cc2cccc(N(C)C)c2c(=O)n1-c1ccccc1. The molecule has 0 aliphatic heterocycles. The van der Waals surface area contributed by atoms with Crippen LogP contribution in [0.4, 0.5) is 5.69 Å². The van der Waals surface area contributed by atoms with Crippen LogP contribution in [0.15, 0.2) is 77.9 Å². The molecule has 5 rings (SSSR count). The molecule has 1 N–H and O–H groups in total. The Morgan fingerprint density at radius 1 is 1.06 bits per heavy atom. The van der Waals surface area contributed by atoms with Crippen LogP contribution in [0.3, 0.4) is 0 Å². The molecule has 0 aliphatic rings. The van der Waals surface area contributed by atoms with Crippen LogP contribution < -0.4 is 15.8 Å². The zero-order valence-corrected chi connectivity index (χ0v) is 20.1. The van der Waals surface area contributed by atoms with Crippen molar-refractivity contribution in [1.29, 1.82) is 0 Å². The van der Waals surface area contributed by atoms with Crippen LogP contribution in [0.1, 0.15) is 34.7 Å².